The Balaban J connectivity index is 0.00000676. The van der Waals surface area contributed by atoms with Crippen molar-refractivity contribution in [1.82, 2.24) is 0 Å². The van der Waals surface area contributed by atoms with Gasteiger partial charge in [-0.25, -0.2) is 0 Å². The zero-order valence-electron chi connectivity index (χ0n) is 16.2. The number of quaternary nitrogens is 1. The lowest BCUT2D eigenvalue weighted by molar-refractivity contribution is -0.873. The molecule has 0 aliphatic rings. The third kappa shape index (κ3) is 8.51. The third-order valence-electron chi connectivity index (χ3n) is 3.92. The Labute approximate surface area is 166 Å². The van der Waals surface area contributed by atoms with Crippen LogP contribution in [0.5, 0.6) is 0 Å². The molecule has 1 rings (SSSR count). The minimum absolute atomic E-state index is 0. The van der Waals surface area contributed by atoms with Gasteiger partial charge in [-0.3, -0.25) is 9.59 Å². The van der Waals surface area contributed by atoms with Gasteiger partial charge in [0.2, 0.25) is 0 Å². The normalized spacial score (nSPS) is 14.4. The minimum Gasteiger partial charge on any atom is -0.549 e. The van der Waals surface area contributed by atoms with Crippen LogP contribution in [-0.2, 0) is 25.5 Å². The number of carbonyl (C=O) groups excluding carboxylic acids is 3. The molecule has 0 aliphatic carbocycles. The second-order valence-corrected chi connectivity index (χ2v) is 7.36. The standard InChI is InChI=1S/C19H28N2O5.ClH/c1-5-15(22)17(18(23)24)16(12-21(2,3)4)26-19(25)14(20)11-13-9-7-6-8-10-13;/h6-10,14,16-17H,5,11-12,20H2,1-4H3;1H/t14-,16?,17?;/m0./s1. The number of nitrogens with two attached hydrogens (primary N) is 1. The second-order valence-electron chi connectivity index (χ2n) is 7.36. The number of nitrogens with zero attached hydrogens (tertiary/aromatic N) is 1. The lowest BCUT2D eigenvalue weighted by atomic mass is 9.94. The smallest absolute Gasteiger partial charge is 0.323 e. The van der Waals surface area contributed by atoms with Crippen LogP contribution in [0.25, 0.3) is 0 Å². The summed E-state index contributed by atoms with van der Waals surface area (Å²) < 4.78 is 5.70. The predicted molar refractivity (Wildman–Crippen MR) is 102 cm³/mol. The summed E-state index contributed by atoms with van der Waals surface area (Å²) in [5, 5.41) is 11.5. The predicted octanol–water partition coefficient (Wildman–Crippen LogP) is -0.0586. The number of halogens is 1. The average molecular weight is 401 g/mol. The molecule has 0 fully saturated rings. The van der Waals surface area contributed by atoms with Crippen LogP contribution in [0.3, 0.4) is 0 Å². The van der Waals surface area contributed by atoms with Gasteiger partial charge < -0.3 is 24.9 Å². The Hall–Kier alpha value is -1.96. The Kier molecular flexibility index (Phi) is 10.2. The third-order valence-corrected chi connectivity index (χ3v) is 3.92. The van der Waals surface area contributed by atoms with Gasteiger partial charge in [-0.1, -0.05) is 37.3 Å². The van der Waals surface area contributed by atoms with Gasteiger partial charge in [0, 0.05) is 6.42 Å². The van der Waals surface area contributed by atoms with Crippen molar-refractivity contribution >= 4 is 30.1 Å². The molecule has 3 atom stereocenters. The Bertz CT molecular complexity index is 631. The molecule has 0 bridgehead atoms. The second kappa shape index (κ2) is 11.0. The highest BCUT2D eigenvalue weighted by molar-refractivity contribution is 5.98. The molecule has 7 nitrogen and oxygen atoms in total. The molecule has 0 saturated carbocycles. The number of Topliss-reactive ketones (excluding diaryl/α,β-unsaturated/α-hetero) is 1. The molecule has 2 unspecified atom stereocenters. The number of hydrogen-bond donors (Lipinski definition) is 1. The Morgan fingerprint density at radius 1 is 1.15 bits per heavy atom. The van der Waals surface area contributed by atoms with Gasteiger partial charge >= 0.3 is 5.97 Å². The molecule has 8 heteroatoms. The molecule has 0 heterocycles. The number of benzene rings is 1. The first kappa shape index (κ1) is 25.0. The molecule has 152 valence electrons. The molecule has 0 aromatic heterocycles. The molecule has 2 N–H and O–H groups in total. The highest BCUT2D eigenvalue weighted by Crippen LogP contribution is 2.16. The zero-order valence-corrected chi connectivity index (χ0v) is 17.0. The summed E-state index contributed by atoms with van der Waals surface area (Å²) in [5.41, 5.74) is 6.78. The molecule has 1 aromatic carbocycles. The van der Waals surface area contributed by atoms with Crippen LogP contribution < -0.4 is 10.8 Å². The van der Waals surface area contributed by atoms with Crippen molar-refractivity contribution in [2.24, 2.45) is 11.7 Å². The number of ether oxygens (including phenoxy) is 1. The van der Waals surface area contributed by atoms with E-state index in [2.05, 4.69) is 0 Å². The van der Waals surface area contributed by atoms with E-state index in [0.29, 0.717) is 4.48 Å². The summed E-state index contributed by atoms with van der Waals surface area (Å²) in [7, 11) is 5.44. The van der Waals surface area contributed by atoms with Crippen molar-refractivity contribution in [3.8, 4) is 0 Å². The molecular weight excluding hydrogens is 372 g/mol. The number of carboxylic acids is 1. The fraction of sp³-hybridized carbons (Fsp3) is 0.526. The van der Waals surface area contributed by atoms with Crippen molar-refractivity contribution in [1.29, 1.82) is 0 Å². The fourth-order valence-corrected chi connectivity index (χ4v) is 2.65. The first-order valence-corrected chi connectivity index (χ1v) is 8.59. The van der Waals surface area contributed by atoms with Crippen molar-refractivity contribution in [2.45, 2.75) is 31.9 Å². The van der Waals surface area contributed by atoms with Crippen LogP contribution in [0, 0.1) is 5.92 Å². The van der Waals surface area contributed by atoms with Crippen molar-refractivity contribution < 1.29 is 28.7 Å². The van der Waals surface area contributed by atoms with Gasteiger partial charge in [-0.05, 0) is 12.0 Å². The van der Waals surface area contributed by atoms with Crippen LogP contribution in [0.15, 0.2) is 30.3 Å². The number of carbonyl (C=O) groups is 3. The maximum absolute atomic E-state index is 12.4. The van der Waals surface area contributed by atoms with E-state index in [9.17, 15) is 19.5 Å². The van der Waals surface area contributed by atoms with E-state index in [4.69, 9.17) is 10.5 Å². The van der Waals surface area contributed by atoms with Gasteiger partial charge in [0.05, 0.1) is 33.0 Å². The van der Waals surface area contributed by atoms with E-state index in [0.717, 1.165) is 5.56 Å². The van der Waals surface area contributed by atoms with Crippen molar-refractivity contribution in [3.63, 3.8) is 0 Å². The molecule has 0 amide bonds. The van der Waals surface area contributed by atoms with Gasteiger partial charge in [0.1, 0.15) is 18.4 Å². The lowest BCUT2D eigenvalue weighted by Crippen LogP contribution is -2.54. The van der Waals surface area contributed by atoms with Crippen LogP contribution in [0.2, 0.25) is 0 Å². The Morgan fingerprint density at radius 3 is 2.15 bits per heavy atom. The van der Waals surface area contributed by atoms with Gasteiger partial charge in [-0.2, -0.15) is 0 Å². The number of carboxylic acid groups (broad SMARTS) is 1. The molecular formula is C19H29ClN2O5. The van der Waals surface area contributed by atoms with Gasteiger partial charge in [0.25, 0.3) is 0 Å². The highest BCUT2D eigenvalue weighted by atomic mass is 35.5. The number of aliphatic carboxylic acids is 1. The molecule has 0 spiro atoms. The summed E-state index contributed by atoms with van der Waals surface area (Å²) in [6.07, 6.45) is -0.865. The molecule has 1 aromatic rings. The van der Waals surface area contributed by atoms with E-state index in [1.165, 1.54) is 0 Å². The number of esters is 1. The summed E-state index contributed by atoms with van der Waals surface area (Å²) in [5.74, 6) is -4.32. The quantitative estimate of drug-likeness (QED) is 0.335. The summed E-state index contributed by atoms with van der Waals surface area (Å²) in [6, 6.07) is 8.23. The van der Waals surface area contributed by atoms with E-state index < -0.39 is 35.8 Å². The fourth-order valence-electron chi connectivity index (χ4n) is 2.65. The van der Waals surface area contributed by atoms with E-state index in [1.54, 1.807) is 6.92 Å². The van der Waals surface area contributed by atoms with Crippen LogP contribution in [-0.4, -0.2) is 62.0 Å². The SMILES string of the molecule is CCC(=O)C(C(=O)[O-])C(C[N+](C)(C)C)OC(=O)[C@@H](N)Cc1ccccc1.Cl. The molecule has 0 saturated heterocycles. The van der Waals surface area contributed by atoms with Crippen molar-refractivity contribution in [3.05, 3.63) is 35.9 Å². The largest absolute Gasteiger partial charge is 0.549 e. The maximum atomic E-state index is 12.4. The first-order valence-electron chi connectivity index (χ1n) is 8.59. The van der Waals surface area contributed by atoms with Gasteiger partial charge in [0.15, 0.2) is 6.10 Å². The highest BCUT2D eigenvalue weighted by Gasteiger charge is 2.36. The summed E-state index contributed by atoms with van der Waals surface area (Å²) in [4.78, 5) is 36.0. The van der Waals surface area contributed by atoms with Gasteiger partial charge in [-0.15, -0.1) is 12.4 Å². The van der Waals surface area contributed by atoms with Crippen LogP contribution in [0.1, 0.15) is 18.9 Å². The summed E-state index contributed by atoms with van der Waals surface area (Å²) in [6.45, 7) is 1.71. The first-order chi connectivity index (χ1) is 12.0. The molecule has 0 aliphatic heterocycles. The Morgan fingerprint density at radius 2 is 1.70 bits per heavy atom. The molecule has 0 radical (unpaired) electrons. The van der Waals surface area contributed by atoms with Crippen molar-refractivity contribution in [2.75, 3.05) is 27.7 Å². The van der Waals surface area contributed by atoms with E-state index >= 15 is 0 Å². The summed E-state index contributed by atoms with van der Waals surface area (Å²) >= 11 is 0. The number of hydrogen-bond acceptors (Lipinski definition) is 6. The van der Waals surface area contributed by atoms with E-state index in [1.807, 2.05) is 51.5 Å². The monoisotopic (exact) mass is 400 g/mol. The molecule has 27 heavy (non-hydrogen) atoms. The van der Waals surface area contributed by atoms with Crippen LogP contribution in [0.4, 0.5) is 0 Å². The number of ketones is 1. The lowest BCUT2D eigenvalue weighted by Gasteiger charge is -2.33. The topological polar surface area (TPSA) is 110 Å². The van der Waals surface area contributed by atoms with Crippen LogP contribution >= 0.6 is 12.4 Å². The minimum atomic E-state index is -1.54. The number of likely N-dealkylation sites (N-methyl/N-ethyl adjacent to an activating group) is 1. The average Bonchev–Trinajstić information content (AvgIpc) is 2.53. The maximum Gasteiger partial charge on any atom is 0.323 e. The zero-order chi connectivity index (χ0) is 19.9. The number of rotatable bonds is 10. The van der Waals surface area contributed by atoms with E-state index in [-0.39, 0.29) is 31.8 Å².